The van der Waals surface area contributed by atoms with Gasteiger partial charge in [0.25, 0.3) is 0 Å². The maximum atomic E-state index is 12.2. The number of nitriles is 1. The molecule has 0 bridgehead atoms. The Labute approximate surface area is 167 Å². The number of nitrogens with zero attached hydrogens (tertiary/aromatic N) is 1. The third-order valence-corrected chi connectivity index (χ3v) is 4.52. The summed E-state index contributed by atoms with van der Waals surface area (Å²) in [5.41, 5.74) is 6.50. The number of rotatable bonds is 9. The number of carbonyl (C=O) groups excluding carboxylic acids is 2. The maximum Gasteiger partial charge on any atom is 0.248 e. The van der Waals surface area contributed by atoms with Gasteiger partial charge in [-0.2, -0.15) is 5.26 Å². The van der Waals surface area contributed by atoms with Crippen LogP contribution in [0.15, 0.2) is 53.4 Å². The molecule has 2 aromatic rings. The Bertz CT molecular complexity index is 922. The number of benzene rings is 2. The summed E-state index contributed by atoms with van der Waals surface area (Å²) in [5, 5.41) is 11.4. The van der Waals surface area contributed by atoms with Gasteiger partial charge in [0.05, 0.1) is 18.6 Å². The van der Waals surface area contributed by atoms with Crippen LogP contribution in [0.25, 0.3) is 6.08 Å². The quantitative estimate of drug-likeness (QED) is 0.497. The van der Waals surface area contributed by atoms with E-state index >= 15 is 0 Å². The summed E-state index contributed by atoms with van der Waals surface area (Å²) in [6.07, 6.45) is 3.02. The first-order valence-electron chi connectivity index (χ1n) is 8.20. The Morgan fingerprint density at radius 3 is 2.75 bits per heavy atom. The molecule has 0 aliphatic heterocycles. The molecule has 3 N–H and O–H groups in total. The molecule has 0 fully saturated rings. The van der Waals surface area contributed by atoms with Crippen LogP contribution in [0.3, 0.4) is 0 Å². The number of nitrogens with two attached hydrogens (primary N) is 1. The fourth-order valence-corrected chi connectivity index (χ4v) is 2.96. The highest BCUT2D eigenvalue weighted by Gasteiger charge is 2.07. The average molecular weight is 397 g/mol. The van der Waals surface area contributed by atoms with Gasteiger partial charge in [-0.3, -0.25) is 9.59 Å². The van der Waals surface area contributed by atoms with E-state index in [0.29, 0.717) is 17.2 Å². The molecule has 0 heterocycles. The summed E-state index contributed by atoms with van der Waals surface area (Å²) in [6.45, 7) is -0.0822. The van der Waals surface area contributed by atoms with Crippen LogP contribution in [0.1, 0.15) is 5.56 Å². The zero-order valence-corrected chi connectivity index (χ0v) is 16.0. The van der Waals surface area contributed by atoms with Crippen LogP contribution in [0.5, 0.6) is 11.5 Å². The van der Waals surface area contributed by atoms with E-state index in [-0.39, 0.29) is 18.3 Å². The summed E-state index contributed by atoms with van der Waals surface area (Å²) in [6, 6.07) is 14.2. The van der Waals surface area contributed by atoms with Crippen LogP contribution >= 0.6 is 11.8 Å². The average Bonchev–Trinajstić information content (AvgIpc) is 2.70. The van der Waals surface area contributed by atoms with Crippen LogP contribution in [-0.4, -0.2) is 31.3 Å². The molecular weight excluding hydrogens is 378 g/mol. The second-order valence-corrected chi connectivity index (χ2v) is 6.45. The molecule has 0 radical (unpaired) electrons. The summed E-state index contributed by atoms with van der Waals surface area (Å²) in [5.74, 6) is 0.290. The van der Waals surface area contributed by atoms with E-state index in [0.717, 1.165) is 10.5 Å². The van der Waals surface area contributed by atoms with E-state index in [1.54, 1.807) is 42.5 Å². The molecule has 8 heteroatoms. The predicted octanol–water partition coefficient (Wildman–Crippen LogP) is 2.83. The van der Waals surface area contributed by atoms with E-state index in [9.17, 15) is 9.59 Å². The SMILES string of the molecule is COc1cc(/C=C/C(=O)Nc2ccccc2SCC(N)=O)ccc1OCC#N. The zero-order chi connectivity index (χ0) is 20.4. The molecule has 0 aliphatic rings. The van der Waals surface area contributed by atoms with Gasteiger partial charge in [-0.25, -0.2) is 0 Å². The Hall–Kier alpha value is -3.44. The Kier molecular flexibility index (Phi) is 7.93. The summed E-state index contributed by atoms with van der Waals surface area (Å²) in [7, 11) is 1.50. The van der Waals surface area contributed by atoms with Crippen molar-refractivity contribution in [1.29, 1.82) is 5.26 Å². The highest BCUT2D eigenvalue weighted by atomic mass is 32.2. The van der Waals surface area contributed by atoms with Crippen molar-refractivity contribution in [2.75, 3.05) is 24.8 Å². The van der Waals surface area contributed by atoms with Crippen molar-refractivity contribution in [2.45, 2.75) is 4.90 Å². The maximum absolute atomic E-state index is 12.2. The number of para-hydroxylation sites is 1. The lowest BCUT2D eigenvalue weighted by molar-refractivity contribution is -0.115. The molecule has 0 aliphatic carbocycles. The molecule has 2 amide bonds. The lowest BCUT2D eigenvalue weighted by Gasteiger charge is -2.09. The third kappa shape index (κ3) is 6.37. The number of hydrogen-bond acceptors (Lipinski definition) is 6. The Morgan fingerprint density at radius 1 is 1.25 bits per heavy atom. The summed E-state index contributed by atoms with van der Waals surface area (Å²) in [4.78, 5) is 24.0. The molecule has 0 unspecified atom stereocenters. The van der Waals surface area contributed by atoms with Gasteiger partial charge < -0.3 is 20.5 Å². The fourth-order valence-electron chi connectivity index (χ4n) is 2.21. The van der Waals surface area contributed by atoms with Gasteiger partial charge in [-0.15, -0.1) is 11.8 Å². The van der Waals surface area contributed by atoms with Gasteiger partial charge in [0, 0.05) is 11.0 Å². The highest BCUT2D eigenvalue weighted by Crippen LogP contribution is 2.29. The topological polar surface area (TPSA) is 114 Å². The van der Waals surface area contributed by atoms with E-state index in [4.69, 9.17) is 20.5 Å². The summed E-state index contributed by atoms with van der Waals surface area (Å²) < 4.78 is 10.5. The second-order valence-electron chi connectivity index (χ2n) is 5.43. The van der Waals surface area contributed by atoms with E-state index in [1.165, 1.54) is 24.9 Å². The number of thioether (sulfide) groups is 1. The van der Waals surface area contributed by atoms with Crippen LogP contribution in [0.2, 0.25) is 0 Å². The molecule has 7 nitrogen and oxygen atoms in total. The minimum atomic E-state index is -0.429. The number of anilines is 1. The smallest absolute Gasteiger partial charge is 0.248 e. The summed E-state index contributed by atoms with van der Waals surface area (Å²) >= 11 is 1.26. The van der Waals surface area contributed by atoms with Gasteiger partial charge >= 0.3 is 0 Å². The van der Waals surface area contributed by atoms with E-state index < -0.39 is 5.91 Å². The molecule has 0 saturated heterocycles. The Morgan fingerprint density at radius 2 is 2.04 bits per heavy atom. The number of carbonyl (C=O) groups is 2. The van der Waals surface area contributed by atoms with Crippen LogP contribution in [-0.2, 0) is 9.59 Å². The van der Waals surface area contributed by atoms with Gasteiger partial charge in [0.15, 0.2) is 18.1 Å². The van der Waals surface area contributed by atoms with E-state index in [2.05, 4.69) is 5.32 Å². The van der Waals surface area contributed by atoms with Crippen molar-refractivity contribution in [1.82, 2.24) is 0 Å². The van der Waals surface area contributed by atoms with Crippen molar-refractivity contribution in [3.05, 3.63) is 54.1 Å². The van der Waals surface area contributed by atoms with Crippen LogP contribution in [0.4, 0.5) is 5.69 Å². The lowest BCUT2D eigenvalue weighted by atomic mass is 10.2. The number of nitrogens with one attached hydrogen (secondary N) is 1. The minimum Gasteiger partial charge on any atom is -0.493 e. The van der Waals surface area contributed by atoms with Gasteiger partial charge in [0.2, 0.25) is 11.8 Å². The van der Waals surface area contributed by atoms with Crippen molar-refractivity contribution in [3.63, 3.8) is 0 Å². The van der Waals surface area contributed by atoms with Crippen molar-refractivity contribution >= 4 is 35.3 Å². The van der Waals surface area contributed by atoms with Gasteiger partial charge in [-0.05, 0) is 35.9 Å². The number of hydrogen-bond donors (Lipinski definition) is 2. The first-order chi connectivity index (χ1) is 13.5. The number of ether oxygens (including phenoxy) is 2. The normalized spacial score (nSPS) is 10.3. The molecular formula is C20H19N3O4S. The van der Waals surface area contributed by atoms with Crippen LogP contribution < -0.4 is 20.5 Å². The fraction of sp³-hybridized carbons (Fsp3) is 0.150. The molecule has 0 aromatic heterocycles. The minimum absolute atomic E-state index is 0.0822. The van der Waals surface area contributed by atoms with Crippen LogP contribution in [0, 0.1) is 11.3 Å². The van der Waals surface area contributed by atoms with Gasteiger partial charge in [0.1, 0.15) is 6.07 Å². The number of amides is 2. The lowest BCUT2D eigenvalue weighted by Crippen LogP contribution is -2.13. The van der Waals surface area contributed by atoms with Crippen molar-refractivity contribution < 1.29 is 19.1 Å². The monoisotopic (exact) mass is 397 g/mol. The van der Waals surface area contributed by atoms with Crippen molar-refractivity contribution in [2.24, 2.45) is 5.73 Å². The first kappa shape index (κ1) is 20.9. The number of methoxy groups -OCH3 is 1. The second kappa shape index (κ2) is 10.6. The molecule has 0 saturated carbocycles. The third-order valence-electron chi connectivity index (χ3n) is 3.42. The zero-order valence-electron chi connectivity index (χ0n) is 15.2. The highest BCUT2D eigenvalue weighted by molar-refractivity contribution is 8.00. The molecule has 0 spiro atoms. The molecule has 0 atom stereocenters. The number of primary amides is 1. The molecule has 28 heavy (non-hydrogen) atoms. The molecule has 2 aromatic carbocycles. The standard InChI is InChI=1S/C20H19N3O4S/c1-26-17-12-14(6-8-16(17)27-11-10-21)7-9-20(25)23-15-4-2-3-5-18(15)28-13-19(22)24/h2-9,12H,11,13H2,1H3,(H2,22,24)(H,23,25)/b9-7+. The molecule has 2 rings (SSSR count). The van der Waals surface area contributed by atoms with Gasteiger partial charge in [-0.1, -0.05) is 18.2 Å². The predicted molar refractivity (Wildman–Crippen MR) is 108 cm³/mol. The molecule has 144 valence electrons. The van der Waals surface area contributed by atoms with Crippen molar-refractivity contribution in [3.8, 4) is 17.6 Å². The first-order valence-corrected chi connectivity index (χ1v) is 9.19. The largest absolute Gasteiger partial charge is 0.493 e. The van der Waals surface area contributed by atoms with E-state index in [1.807, 2.05) is 12.1 Å². The Balaban J connectivity index is 2.06.